The summed E-state index contributed by atoms with van der Waals surface area (Å²) in [4.78, 5) is 29.0. The predicted molar refractivity (Wildman–Crippen MR) is 105 cm³/mol. The number of hydrogen-bond donors (Lipinski definition) is 0. The molecule has 1 amide bonds. The number of carbonyl (C=O) groups excluding carboxylic acids is 2. The topological polar surface area (TPSA) is 49.9 Å². The van der Waals surface area contributed by atoms with Crippen molar-refractivity contribution in [1.29, 1.82) is 0 Å². The van der Waals surface area contributed by atoms with Gasteiger partial charge in [-0.05, 0) is 50.8 Å². The van der Waals surface area contributed by atoms with Crippen molar-refractivity contribution in [3.63, 3.8) is 0 Å². The van der Waals surface area contributed by atoms with Gasteiger partial charge in [0, 0.05) is 37.1 Å². The van der Waals surface area contributed by atoms with Gasteiger partial charge in [0.25, 0.3) is 0 Å². The average molecular weight is 393 g/mol. The zero-order valence-electron chi connectivity index (χ0n) is 16.0. The number of piperidine rings is 1. The molecule has 0 radical (unpaired) electrons. The number of esters is 1. The molecule has 27 heavy (non-hydrogen) atoms. The first-order chi connectivity index (χ1) is 13.1. The van der Waals surface area contributed by atoms with Crippen molar-refractivity contribution in [3.8, 4) is 0 Å². The number of benzene rings is 1. The van der Waals surface area contributed by atoms with E-state index in [0.717, 1.165) is 50.9 Å². The first-order valence-corrected chi connectivity index (χ1v) is 10.4. The minimum Gasteiger partial charge on any atom is -0.466 e. The summed E-state index contributed by atoms with van der Waals surface area (Å²) >= 11 is 6.26. The molecule has 2 heterocycles. The Morgan fingerprint density at radius 2 is 2.04 bits per heavy atom. The Bertz CT molecular complexity index is 667. The van der Waals surface area contributed by atoms with Crippen molar-refractivity contribution in [2.45, 2.75) is 51.6 Å². The molecule has 0 aromatic heterocycles. The fraction of sp³-hybridized carbons (Fsp3) is 0.619. The van der Waals surface area contributed by atoms with Crippen LogP contribution in [-0.4, -0.2) is 54.0 Å². The predicted octanol–water partition coefficient (Wildman–Crippen LogP) is 3.50. The summed E-state index contributed by atoms with van der Waals surface area (Å²) in [6, 6.07) is 8.05. The SMILES string of the molecule is CCOC(=O)C1CCCN(C2CCC(=O)N(Cc3ccccc3Cl)CC2)C1. The summed E-state index contributed by atoms with van der Waals surface area (Å²) in [5.41, 5.74) is 0.992. The smallest absolute Gasteiger partial charge is 0.310 e. The molecule has 2 saturated heterocycles. The summed E-state index contributed by atoms with van der Waals surface area (Å²) in [5, 5.41) is 0.708. The van der Waals surface area contributed by atoms with Crippen LogP contribution in [0.2, 0.25) is 5.02 Å². The Balaban J connectivity index is 1.59. The minimum atomic E-state index is -0.0766. The third-order valence-corrected chi connectivity index (χ3v) is 6.05. The van der Waals surface area contributed by atoms with Crippen molar-refractivity contribution in [1.82, 2.24) is 9.80 Å². The Morgan fingerprint density at radius 3 is 2.81 bits per heavy atom. The van der Waals surface area contributed by atoms with E-state index in [1.165, 1.54) is 0 Å². The Morgan fingerprint density at radius 1 is 1.22 bits per heavy atom. The van der Waals surface area contributed by atoms with Crippen LogP contribution in [0.15, 0.2) is 24.3 Å². The van der Waals surface area contributed by atoms with Crippen LogP contribution in [0.5, 0.6) is 0 Å². The average Bonchev–Trinajstić information content (AvgIpc) is 2.86. The van der Waals surface area contributed by atoms with Gasteiger partial charge in [-0.1, -0.05) is 29.8 Å². The third-order valence-electron chi connectivity index (χ3n) is 5.68. The van der Waals surface area contributed by atoms with Crippen molar-refractivity contribution in [2.75, 3.05) is 26.2 Å². The highest BCUT2D eigenvalue weighted by atomic mass is 35.5. The molecule has 0 aliphatic carbocycles. The van der Waals surface area contributed by atoms with Gasteiger partial charge in [0.15, 0.2) is 0 Å². The lowest BCUT2D eigenvalue weighted by atomic mass is 9.95. The quantitative estimate of drug-likeness (QED) is 0.719. The number of hydrogen-bond acceptors (Lipinski definition) is 4. The molecule has 2 aliphatic rings. The zero-order chi connectivity index (χ0) is 19.2. The van der Waals surface area contributed by atoms with Gasteiger partial charge >= 0.3 is 5.97 Å². The van der Waals surface area contributed by atoms with E-state index in [4.69, 9.17) is 16.3 Å². The van der Waals surface area contributed by atoms with Gasteiger partial charge in [-0.25, -0.2) is 0 Å². The molecule has 2 unspecified atom stereocenters. The molecule has 0 N–H and O–H groups in total. The molecule has 148 valence electrons. The van der Waals surface area contributed by atoms with E-state index >= 15 is 0 Å². The molecule has 5 nitrogen and oxygen atoms in total. The van der Waals surface area contributed by atoms with E-state index in [0.29, 0.717) is 30.6 Å². The molecule has 2 aliphatic heterocycles. The molecule has 6 heteroatoms. The Labute approximate surface area is 166 Å². The molecule has 1 aromatic rings. The standard InChI is InChI=1S/C21H29ClN2O3/c1-2-27-21(26)17-7-5-12-23(15-17)18-9-10-20(25)24(13-11-18)14-16-6-3-4-8-19(16)22/h3-4,6,8,17-18H,2,5,7,9-15H2,1H3. The zero-order valence-corrected chi connectivity index (χ0v) is 16.8. The number of carbonyl (C=O) groups is 2. The summed E-state index contributed by atoms with van der Waals surface area (Å²) in [5.74, 6) is 0.0838. The maximum atomic E-state index is 12.6. The maximum Gasteiger partial charge on any atom is 0.310 e. The van der Waals surface area contributed by atoms with Crippen LogP contribution in [0.1, 0.15) is 44.6 Å². The highest BCUT2D eigenvalue weighted by Gasteiger charge is 2.32. The normalized spacial score (nSPS) is 24.5. The second-order valence-electron chi connectivity index (χ2n) is 7.47. The molecule has 0 saturated carbocycles. The first kappa shape index (κ1) is 20.2. The van der Waals surface area contributed by atoms with Gasteiger partial charge in [-0.3, -0.25) is 14.5 Å². The van der Waals surface area contributed by atoms with Gasteiger partial charge in [-0.2, -0.15) is 0 Å². The van der Waals surface area contributed by atoms with E-state index in [1.807, 2.05) is 36.1 Å². The van der Waals surface area contributed by atoms with E-state index in [-0.39, 0.29) is 17.8 Å². The third kappa shape index (κ3) is 5.23. The van der Waals surface area contributed by atoms with Crippen LogP contribution < -0.4 is 0 Å². The van der Waals surface area contributed by atoms with Crippen molar-refractivity contribution in [2.24, 2.45) is 5.92 Å². The molecule has 1 aromatic carbocycles. The van der Waals surface area contributed by atoms with E-state index < -0.39 is 0 Å². The van der Waals surface area contributed by atoms with E-state index in [9.17, 15) is 9.59 Å². The number of likely N-dealkylation sites (tertiary alicyclic amines) is 2. The maximum absolute atomic E-state index is 12.6. The first-order valence-electron chi connectivity index (χ1n) is 10.00. The number of ether oxygens (including phenoxy) is 1. The summed E-state index contributed by atoms with van der Waals surface area (Å²) in [7, 11) is 0. The summed E-state index contributed by atoms with van der Waals surface area (Å²) < 4.78 is 5.21. The van der Waals surface area contributed by atoms with Gasteiger partial charge in [-0.15, -0.1) is 0 Å². The fourth-order valence-corrected chi connectivity index (χ4v) is 4.37. The molecular weight excluding hydrogens is 364 g/mol. The van der Waals surface area contributed by atoms with Crippen LogP contribution in [0.25, 0.3) is 0 Å². The molecule has 0 bridgehead atoms. The second kappa shape index (κ2) is 9.56. The van der Waals surface area contributed by atoms with Crippen LogP contribution in [-0.2, 0) is 20.9 Å². The largest absolute Gasteiger partial charge is 0.466 e. The molecule has 2 atom stereocenters. The lowest BCUT2D eigenvalue weighted by molar-refractivity contribution is -0.150. The lowest BCUT2D eigenvalue weighted by Gasteiger charge is -2.37. The van der Waals surface area contributed by atoms with Crippen LogP contribution in [0.3, 0.4) is 0 Å². The Kier molecular flexibility index (Phi) is 7.13. The number of amides is 1. The molecule has 0 spiro atoms. The van der Waals surface area contributed by atoms with Crippen molar-refractivity contribution in [3.05, 3.63) is 34.9 Å². The fourth-order valence-electron chi connectivity index (χ4n) is 4.18. The number of rotatable bonds is 5. The molecule has 3 rings (SSSR count). The van der Waals surface area contributed by atoms with Crippen molar-refractivity contribution < 1.29 is 14.3 Å². The van der Waals surface area contributed by atoms with Gasteiger partial charge in [0.1, 0.15) is 0 Å². The summed E-state index contributed by atoms with van der Waals surface area (Å²) in [6.45, 7) is 5.33. The van der Waals surface area contributed by atoms with E-state index in [2.05, 4.69) is 4.90 Å². The van der Waals surface area contributed by atoms with Gasteiger partial charge in [0.05, 0.1) is 12.5 Å². The monoisotopic (exact) mass is 392 g/mol. The lowest BCUT2D eigenvalue weighted by Crippen LogP contribution is -2.45. The van der Waals surface area contributed by atoms with Gasteiger partial charge in [0.2, 0.25) is 5.91 Å². The number of nitrogens with zero attached hydrogens (tertiary/aromatic N) is 2. The molecular formula is C21H29ClN2O3. The number of halogens is 1. The van der Waals surface area contributed by atoms with Gasteiger partial charge < -0.3 is 9.64 Å². The molecule has 2 fully saturated rings. The van der Waals surface area contributed by atoms with Crippen LogP contribution in [0, 0.1) is 5.92 Å². The highest BCUT2D eigenvalue weighted by Crippen LogP contribution is 2.26. The minimum absolute atomic E-state index is 0.0307. The van der Waals surface area contributed by atoms with Crippen LogP contribution in [0.4, 0.5) is 0 Å². The highest BCUT2D eigenvalue weighted by molar-refractivity contribution is 6.31. The Hall–Kier alpha value is -1.59. The van der Waals surface area contributed by atoms with Crippen LogP contribution >= 0.6 is 11.6 Å². The second-order valence-corrected chi connectivity index (χ2v) is 7.88. The summed E-state index contributed by atoms with van der Waals surface area (Å²) in [6.07, 6.45) is 4.26. The van der Waals surface area contributed by atoms with E-state index in [1.54, 1.807) is 0 Å². The van der Waals surface area contributed by atoms with Crippen molar-refractivity contribution >= 4 is 23.5 Å².